The van der Waals surface area contributed by atoms with Crippen LogP contribution in [-0.4, -0.2) is 6.54 Å². The van der Waals surface area contributed by atoms with Crippen molar-refractivity contribution in [3.63, 3.8) is 0 Å². The van der Waals surface area contributed by atoms with Crippen LogP contribution in [0.5, 0.6) is 0 Å². The van der Waals surface area contributed by atoms with Crippen LogP contribution in [0.3, 0.4) is 0 Å². The third kappa shape index (κ3) is 3.76. The first-order valence-electron chi connectivity index (χ1n) is 6.41. The average Bonchev–Trinajstić information content (AvgIpc) is 2.29. The Morgan fingerprint density at radius 2 is 2.22 bits per heavy atom. The summed E-state index contributed by atoms with van der Waals surface area (Å²) in [6, 6.07) is 5.85. The summed E-state index contributed by atoms with van der Waals surface area (Å²) in [5.74, 6) is 1.42. The van der Waals surface area contributed by atoms with Crippen molar-refractivity contribution < 1.29 is 0 Å². The topological polar surface area (TPSA) is 12.0 Å². The van der Waals surface area contributed by atoms with Gasteiger partial charge in [0, 0.05) is 21.7 Å². The average molecular weight is 329 g/mol. The van der Waals surface area contributed by atoms with E-state index in [0.717, 1.165) is 27.6 Å². The van der Waals surface area contributed by atoms with Gasteiger partial charge in [0.2, 0.25) is 0 Å². The lowest BCUT2D eigenvalue weighted by molar-refractivity contribution is 0.421. The van der Waals surface area contributed by atoms with Crippen molar-refractivity contribution in [2.24, 2.45) is 11.8 Å². The van der Waals surface area contributed by atoms with Gasteiger partial charge in [-0.3, -0.25) is 0 Å². The number of hydrogen-bond donors (Lipinski definition) is 1. The van der Waals surface area contributed by atoms with Gasteiger partial charge in [-0.05, 0) is 65.7 Å². The van der Waals surface area contributed by atoms with E-state index in [4.69, 9.17) is 11.6 Å². The predicted molar refractivity (Wildman–Crippen MR) is 83.3 cm³/mol. The molecule has 0 saturated carbocycles. The van der Waals surface area contributed by atoms with Crippen molar-refractivity contribution >= 4 is 33.2 Å². The zero-order chi connectivity index (χ0) is 13.1. The molecule has 0 heterocycles. The molecule has 2 rings (SSSR count). The molecule has 0 spiro atoms. The Balaban J connectivity index is 1.96. The lowest BCUT2D eigenvalue weighted by atomic mass is 9.84. The number of halogens is 2. The van der Waals surface area contributed by atoms with E-state index in [1.807, 2.05) is 18.2 Å². The van der Waals surface area contributed by atoms with Crippen molar-refractivity contribution in [1.82, 2.24) is 0 Å². The van der Waals surface area contributed by atoms with Crippen molar-refractivity contribution in [1.29, 1.82) is 0 Å². The van der Waals surface area contributed by atoms with E-state index in [-0.39, 0.29) is 0 Å². The first-order valence-corrected chi connectivity index (χ1v) is 7.58. The number of benzene rings is 1. The van der Waals surface area contributed by atoms with Gasteiger partial charge in [0.1, 0.15) is 0 Å². The molecule has 1 aromatic carbocycles. The number of hydrogen-bond acceptors (Lipinski definition) is 1. The van der Waals surface area contributed by atoms with E-state index in [2.05, 4.69) is 41.2 Å². The molecular weight excluding hydrogens is 310 g/mol. The van der Waals surface area contributed by atoms with Crippen molar-refractivity contribution in [2.75, 3.05) is 11.9 Å². The minimum atomic E-state index is 0.702. The minimum absolute atomic E-state index is 0.702. The normalized spacial score (nSPS) is 23.7. The molecule has 18 heavy (non-hydrogen) atoms. The molecule has 3 heteroatoms. The highest BCUT2D eigenvalue weighted by atomic mass is 79.9. The van der Waals surface area contributed by atoms with Crippen LogP contribution < -0.4 is 5.32 Å². The van der Waals surface area contributed by atoms with E-state index < -0.39 is 0 Å². The van der Waals surface area contributed by atoms with Crippen LogP contribution >= 0.6 is 27.5 Å². The smallest absolute Gasteiger partial charge is 0.0499 e. The Kier molecular flexibility index (Phi) is 4.74. The maximum absolute atomic E-state index is 6.01. The summed E-state index contributed by atoms with van der Waals surface area (Å²) in [7, 11) is 0. The highest BCUT2D eigenvalue weighted by Crippen LogP contribution is 2.30. The fraction of sp³-hybridized carbons (Fsp3) is 0.467. The quantitative estimate of drug-likeness (QED) is 0.722. The second-order valence-electron chi connectivity index (χ2n) is 5.30. The van der Waals surface area contributed by atoms with Crippen LogP contribution in [0.4, 0.5) is 5.69 Å². The number of anilines is 1. The van der Waals surface area contributed by atoms with Crippen molar-refractivity contribution in [2.45, 2.75) is 26.7 Å². The van der Waals surface area contributed by atoms with Crippen LogP contribution in [0, 0.1) is 11.8 Å². The molecule has 1 aliphatic rings. The summed E-state index contributed by atoms with van der Waals surface area (Å²) in [5.41, 5.74) is 2.60. The zero-order valence-electron chi connectivity index (χ0n) is 10.8. The van der Waals surface area contributed by atoms with Crippen molar-refractivity contribution in [3.05, 3.63) is 39.3 Å². The summed E-state index contributed by atoms with van der Waals surface area (Å²) < 4.78 is 1.07. The van der Waals surface area contributed by atoms with Gasteiger partial charge in [0.15, 0.2) is 0 Å². The molecule has 1 nitrogen and oxygen atoms in total. The van der Waals surface area contributed by atoms with Gasteiger partial charge in [-0.1, -0.05) is 30.2 Å². The Morgan fingerprint density at radius 3 is 2.94 bits per heavy atom. The molecule has 2 unspecified atom stereocenters. The monoisotopic (exact) mass is 327 g/mol. The molecule has 0 aliphatic heterocycles. The summed E-state index contributed by atoms with van der Waals surface area (Å²) in [6.07, 6.45) is 4.86. The standard InChI is InChI=1S/C15H19BrClN/c1-10-5-11(2)7-12(6-10)9-18-15-8-13(17)3-4-14(15)16/h3-5,8,10,12,18H,6-7,9H2,1-2H3. The fourth-order valence-electron chi connectivity index (χ4n) is 2.73. The molecule has 1 aromatic rings. The lowest BCUT2D eigenvalue weighted by Gasteiger charge is -2.26. The number of rotatable bonds is 3. The molecule has 0 radical (unpaired) electrons. The van der Waals surface area contributed by atoms with Gasteiger partial charge in [-0.2, -0.15) is 0 Å². The SMILES string of the molecule is CC1=CC(C)CC(CNc2cc(Cl)ccc2Br)C1. The van der Waals surface area contributed by atoms with E-state index in [9.17, 15) is 0 Å². The molecule has 98 valence electrons. The van der Waals surface area contributed by atoms with Gasteiger partial charge in [0.05, 0.1) is 0 Å². The van der Waals surface area contributed by atoms with Gasteiger partial charge in [-0.25, -0.2) is 0 Å². The summed E-state index contributed by atoms with van der Waals surface area (Å²) in [6.45, 7) is 5.54. The third-order valence-corrected chi connectivity index (χ3v) is 4.32. The van der Waals surface area contributed by atoms with Crippen LogP contribution in [0.25, 0.3) is 0 Å². The Morgan fingerprint density at radius 1 is 1.44 bits per heavy atom. The maximum Gasteiger partial charge on any atom is 0.0499 e. The van der Waals surface area contributed by atoms with Crippen LogP contribution in [0.15, 0.2) is 34.3 Å². The Bertz CT molecular complexity index is 456. The summed E-state index contributed by atoms with van der Waals surface area (Å²) in [4.78, 5) is 0. The lowest BCUT2D eigenvalue weighted by Crippen LogP contribution is -2.20. The first kappa shape index (κ1) is 14.0. The molecule has 0 saturated heterocycles. The second-order valence-corrected chi connectivity index (χ2v) is 6.59. The Labute approximate surface area is 123 Å². The van der Waals surface area contributed by atoms with Gasteiger partial charge in [-0.15, -0.1) is 0 Å². The molecule has 0 bridgehead atoms. The molecule has 0 fully saturated rings. The summed E-state index contributed by atoms with van der Waals surface area (Å²) in [5, 5.41) is 4.28. The highest BCUT2D eigenvalue weighted by Gasteiger charge is 2.18. The zero-order valence-corrected chi connectivity index (χ0v) is 13.2. The number of allylic oxidation sites excluding steroid dienone is 2. The van der Waals surface area contributed by atoms with E-state index in [1.54, 1.807) is 0 Å². The van der Waals surface area contributed by atoms with E-state index >= 15 is 0 Å². The Hall–Kier alpha value is -0.470. The molecule has 0 amide bonds. The van der Waals surface area contributed by atoms with Crippen LogP contribution in [0.1, 0.15) is 26.7 Å². The summed E-state index contributed by atoms with van der Waals surface area (Å²) >= 11 is 9.56. The van der Waals surface area contributed by atoms with Crippen molar-refractivity contribution in [3.8, 4) is 0 Å². The fourth-order valence-corrected chi connectivity index (χ4v) is 3.29. The van der Waals surface area contributed by atoms with E-state index in [0.29, 0.717) is 5.92 Å². The molecule has 1 aliphatic carbocycles. The third-order valence-electron chi connectivity index (χ3n) is 3.39. The minimum Gasteiger partial charge on any atom is -0.384 e. The van der Waals surface area contributed by atoms with Gasteiger partial charge < -0.3 is 5.32 Å². The van der Waals surface area contributed by atoms with Gasteiger partial charge in [0.25, 0.3) is 0 Å². The predicted octanol–water partition coefficient (Wildman–Crippen LogP) is 5.51. The van der Waals surface area contributed by atoms with Crippen LogP contribution in [-0.2, 0) is 0 Å². The second kappa shape index (κ2) is 6.12. The van der Waals surface area contributed by atoms with Crippen LogP contribution in [0.2, 0.25) is 5.02 Å². The number of nitrogens with one attached hydrogen (secondary N) is 1. The highest BCUT2D eigenvalue weighted by molar-refractivity contribution is 9.10. The molecule has 0 aromatic heterocycles. The molecule has 1 N–H and O–H groups in total. The van der Waals surface area contributed by atoms with Gasteiger partial charge >= 0.3 is 0 Å². The first-order chi connectivity index (χ1) is 8.54. The largest absolute Gasteiger partial charge is 0.384 e. The molecular formula is C15H19BrClN. The maximum atomic E-state index is 6.01. The van der Waals surface area contributed by atoms with E-state index in [1.165, 1.54) is 18.4 Å². The molecule has 2 atom stereocenters.